The lowest BCUT2D eigenvalue weighted by molar-refractivity contribution is -0.122. The van der Waals surface area contributed by atoms with Gasteiger partial charge in [0, 0.05) is 5.69 Å². The van der Waals surface area contributed by atoms with E-state index in [1.165, 1.54) is 5.56 Å². The fraction of sp³-hybridized carbons (Fsp3) is 0.316. The molecule has 3 heteroatoms. The van der Waals surface area contributed by atoms with Gasteiger partial charge in [-0.05, 0) is 62.6 Å². The van der Waals surface area contributed by atoms with Gasteiger partial charge in [-0.3, -0.25) is 4.79 Å². The normalized spacial score (nSPS) is 11.8. The smallest absolute Gasteiger partial charge is 0.265 e. The van der Waals surface area contributed by atoms with E-state index in [0.29, 0.717) is 12.2 Å². The second kappa shape index (κ2) is 7.12. The van der Waals surface area contributed by atoms with Gasteiger partial charge in [-0.25, -0.2) is 0 Å². The minimum Gasteiger partial charge on any atom is -0.481 e. The van der Waals surface area contributed by atoms with Crippen LogP contribution in [-0.4, -0.2) is 12.0 Å². The average Bonchev–Trinajstić information content (AvgIpc) is 2.45. The van der Waals surface area contributed by atoms with Gasteiger partial charge < -0.3 is 10.1 Å². The van der Waals surface area contributed by atoms with Crippen molar-refractivity contribution in [2.45, 2.75) is 40.2 Å². The Labute approximate surface area is 132 Å². The van der Waals surface area contributed by atoms with Gasteiger partial charge in [-0.15, -0.1) is 0 Å². The molecule has 2 aromatic carbocycles. The Hall–Kier alpha value is -2.29. The summed E-state index contributed by atoms with van der Waals surface area (Å²) in [5.41, 5.74) is 4.24. The molecule has 0 saturated carbocycles. The van der Waals surface area contributed by atoms with Crippen molar-refractivity contribution < 1.29 is 9.53 Å². The molecule has 0 fully saturated rings. The maximum Gasteiger partial charge on any atom is 0.265 e. The van der Waals surface area contributed by atoms with Crippen LogP contribution in [0.1, 0.15) is 30.0 Å². The number of anilines is 1. The van der Waals surface area contributed by atoms with Crippen LogP contribution in [0.15, 0.2) is 42.5 Å². The molecule has 1 amide bonds. The van der Waals surface area contributed by atoms with Gasteiger partial charge in [-0.1, -0.05) is 30.7 Å². The molecular formula is C19H23NO2. The van der Waals surface area contributed by atoms with E-state index < -0.39 is 6.10 Å². The molecule has 3 nitrogen and oxygen atoms in total. The van der Waals surface area contributed by atoms with E-state index in [-0.39, 0.29) is 5.91 Å². The summed E-state index contributed by atoms with van der Waals surface area (Å²) in [6.45, 7) is 8.00. The number of amides is 1. The summed E-state index contributed by atoms with van der Waals surface area (Å²) < 4.78 is 5.80. The Balaban J connectivity index is 2.06. The number of benzene rings is 2. The first-order chi connectivity index (χ1) is 10.5. The van der Waals surface area contributed by atoms with Crippen LogP contribution in [0.4, 0.5) is 5.69 Å². The quantitative estimate of drug-likeness (QED) is 0.888. The Bertz CT molecular complexity index is 627. The van der Waals surface area contributed by atoms with Crippen LogP contribution in [0.3, 0.4) is 0 Å². The Morgan fingerprint density at radius 2 is 1.59 bits per heavy atom. The van der Waals surface area contributed by atoms with Crippen molar-refractivity contribution in [2.24, 2.45) is 0 Å². The van der Waals surface area contributed by atoms with Gasteiger partial charge in [0.05, 0.1) is 0 Å². The molecule has 1 atom stereocenters. The summed E-state index contributed by atoms with van der Waals surface area (Å²) in [6.07, 6.45) is 0.119. The third kappa shape index (κ3) is 4.35. The third-order valence-corrected chi connectivity index (χ3v) is 3.45. The average molecular weight is 297 g/mol. The summed E-state index contributed by atoms with van der Waals surface area (Å²) in [5.74, 6) is 0.598. The third-order valence-electron chi connectivity index (χ3n) is 3.45. The molecular weight excluding hydrogens is 274 g/mol. The summed E-state index contributed by atoms with van der Waals surface area (Å²) in [5, 5.41) is 2.94. The van der Waals surface area contributed by atoms with Crippen molar-refractivity contribution in [2.75, 3.05) is 5.32 Å². The molecule has 0 bridgehead atoms. The number of hydrogen-bond acceptors (Lipinski definition) is 2. The molecule has 116 valence electrons. The predicted octanol–water partition coefficient (Wildman–Crippen LogP) is 4.41. The molecule has 0 radical (unpaired) electrons. The topological polar surface area (TPSA) is 38.3 Å². The Morgan fingerprint density at radius 3 is 2.14 bits per heavy atom. The molecule has 0 aliphatic heterocycles. The Kier molecular flexibility index (Phi) is 5.21. The predicted molar refractivity (Wildman–Crippen MR) is 90.4 cm³/mol. The zero-order valence-corrected chi connectivity index (χ0v) is 13.6. The van der Waals surface area contributed by atoms with Gasteiger partial charge in [0.15, 0.2) is 6.10 Å². The lowest BCUT2D eigenvalue weighted by atomic mass is 10.1. The second-order valence-electron chi connectivity index (χ2n) is 5.69. The number of ether oxygens (including phenoxy) is 1. The fourth-order valence-electron chi connectivity index (χ4n) is 2.37. The molecule has 2 rings (SSSR count). The minimum absolute atomic E-state index is 0.118. The molecule has 22 heavy (non-hydrogen) atoms. The largest absolute Gasteiger partial charge is 0.481 e. The van der Waals surface area contributed by atoms with Crippen LogP contribution in [0.25, 0.3) is 0 Å². The SMILES string of the molecule is CC[C@@H](Oc1ccc(C)cc1)C(=O)Nc1cc(C)cc(C)c1. The second-order valence-corrected chi connectivity index (χ2v) is 5.69. The van der Waals surface area contributed by atoms with E-state index in [1.807, 2.05) is 64.1 Å². The number of nitrogens with one attached hydrogen (secondary N) is 1. The van der Waals surface area contributed by atoms with E-state index in [1.54, 1.807) is 0 Å². The number of aryl methyl sites for hydroxylation is 3. The Morgan fingerprint density at radius 1 is 1.00 bits per heavy atom. The van der Waals surface area contributed by atoms with E-state index in [9.17, 15) is 4.79 Å². The summed E-state index contributed by atoms with van der Waals surface area (Å²) in [4.78, 5) is 12.4. The monoisotopic (exact) mass is 297 g/mol. The highest BCUT2D eigenvalue weighted by Crippen LogP contribution is 2.17. The molecule has 0 spiro atoms. The molecule has 0 heterocycles. The molecule has 1 N–H and O–H groups in total. The first kappa shape index (κ1) is 16.1. The summed E-state index contributed by atoms with van der Waals surface area (Å²) in [6, 6.07) is 13.7. The van der Waals surface area contributed by atoms with Crippen LogP contribution >= 0.6 is 0 Å². The maximum atomic E-state index is 12.4. The van der Waals surface area contributed by atoms with Gasteiger partial charge in [-0.2, -0.15) is 0 Å². The minimum atomic E-state index is -0.497. The van der Waals surface area contributed by atoms with Crippen molar-refractivity contribution in [3.8, 4) is 5.75 Å². The van der Waals surface area contributed by atoms with Crippen molar-refractivity contribution in [3.63, 3.8) is 0 Å². The van der Waals surface area contributed by atoms with Crippen LogP contribution < -0.4 is 10.1 Å². The number of hydrogen-bond donors (Lipinski definition) is 1. The highest BCUT2D eigenvalue weighted by atomic mass is 16.5. The molecule has 0 saturated heterocycles. The lowest BCUT2D eigenvalue weighted by Gasteiger charge is -2.18. The van der Waals surface area contributed by atoms with Crippen LogP contribution in [0.2, 0.25) is 0 Å². The van der Waals surface area contributed by atoms with Gasteiger partial charge in [0.1, 0.15) is 5.75 Å². The number of carbonyl (C=O) groups excluding carboxylic acids is 1. The molecule has 0 aliphatic carbocycles. The maximum absolute atomic E-state index is 12.4. The van der Waals surface area contributed by atoms with Gasteiger partial charge >= 0.3 is 0 Å². The fourth-order valence-corrected chi connectivity index (χ4v) is 2.37. The van der Waals surface area contributed by atoms with Gasteiger partial charge in [0.25, 0.3) is 5.91 Å². The number of rotatable bonds is 5. The van der Waals surface area contributed by atoms with E-state index in [4.69, 9.17) is 4.74 Å². The first-order valence-electron chi connectivity index (χ1n) is 7.60. The van der Waals surface area contributed by atoms with E-state index in [0.717, 1.165) is 16.8 Å². The molecule has 0 aliphatic rings. The highest BCUT2D eigenvalue weighted by molar-refractivity contribution is 5.94. The summed E-state index contributed by atoms with van der Waals surface area (Å²) >= 11 is 0. The van der Waals surface area contributed by atoms with Crippen molar-refractivity contribution in [3.05, 3.63) is 59.2 Å². The van der Waals surface area contributed by atoms with Crippen LogP contribution in [0.5, 0.6) is 5.75 Å². The standard InChI is InChI=1S/C19H23NO2/c1-5-18(22-17-8-6-13(2)7-9-17)19(21)20-16-11-14(3)10-15(4)12-16/h6-12,18H,5H2,1-4H3,(H,20,21)/t18-/m1/s1. The van der Waals surface area contributed by atoms with Gasteiger partial charge in [0.2, 0.25) is 0 Å². The highest BCUT2D eigenvalue weighted by Gasteiger charge is 2.18. The lowest BCUT2D eigenvalue weighted by Crippen LogP contribution is -2.32. The van der Waals surface area contributed by atoms with Crippen molar-refractivity contribution >= 4 is 11.6 Å². The van der Waals surface area contributed by atoms with Crippen molar-refractivity contribution in [1.82, 2.24) is 0 Å². The zero-order valence-electron chi connectivity index (χ0n) is 13.6. The zero-order chi connectivity index (χ0) is 16.1. The van der Waals surface area contributed by atoms with Crippen LogP contribution in [0, 0.1) is 20.8 Å². The molecule has 0 unspecified atom stereocenters. The van der Waals surface area contributed by atoms with Crippen molar-refractivity contribution in [1.29, 1.82) is 0 Å². The number of carbonyl (C=O) groups is 1. The van der Waals surface area contributed by atoms with E-state index in [2.05, 4.69) is 11.4 Å². The molecule has 0 aromatic heterocycles. The van der Waals surface area contributed by atoms with E-state index >= 15 is 0 Å². The first-order valence-corrected chi connectivity index (χ1v) is 7.60. The van der Waals surface area contributed by atoms with Crippen LogP contribution in [-0.2, 0) is 4.79 Å². The molecule has 2 aromatic rings. The summed E-state index contributed by atoms with van der Waals surface area (Å²) in [7, 11) is 0.